The van der Waals surface area contributed by atoms with Gasteiger partial charge in [-0.1, -0.05) is 0 Å². The molecule has 16 heavy (non-hydrogen) atoms. The van der Waals surface area contributed by atoms with Crippen molar-refractivity contribution in [2.45, 2.75) is 0 Å². The fourth-order valence-corrected chi connectivity index (χ4v) is 1.41. The molecule has 0 saturated heterocycles. The standard InChI is InChI=1S/C6H6N10/c7-1-10-4-12-2(8)14-6-15-3(9)13-5(11-1)16(4)6/h(H6,7,8,9,10,11,12,13,14,15)/p+1. The maximum absolute atomic E-state index is 7.40. The van der Waals surface area contributed by atoms with Crippen LogP contribution in [0.5, 0.6) is 0 Å². The van der Waals surface area contributed by atoms with E-state index in [0.717, 1.165) is 0 Å². The van der Waals surface area contributed by atoms with Crippen LogP contribution in [0.2, 0.25) is 0 Å². The molecule has 10 heteroatoms. The van der Waals surface area contributed by atoms with Crippen molar-refractivity contribution in [1.82, 2.24) is 29.9 Å². The average Bonchev–Trinajstić information content (AvgIpc) is 2.14. The average molecular weight is 219 g/mol. The van der Waals surface area contributed by atoms with Gasteiger partial charge in [-0.25, -0.2) is 0 Å². The van der Waals surface area contributed by atoms with Crippen molar-refractivity contribution in [2.24, 2.45) is 0 Å². The SMILES string of the molecule is N=c1nc2nc(N)[nH]c3[nH]c(N)nc(n1)[n+]23. The number of nitrogens with one attached hydrogen (secondary N) is 3. The molecule has 80 valence electrons. The predicted molar refractivity (Wildman–Crippen MR) is 51.7 cm³/mol. The number of H-pyrrole nitrogens is 2. The van der Waals surface area contributed by atoms with Crippen LogP contribution >= 0.6 is 0 Å². The number of nitrogens with two attached hydrogens (primary N) is 2. The van der Waals surface area contributed by atoms with Gasteiger partial charge in [0.25, 0.3) is 17.7 Å². The highest BCUT2D eigenvalue weighted by Gasteiger charge is 2.15. The lowest BCUT2D eigenvalue weighted by molar-refractivity contribution is -0.470. The van der Waals surface area contributed by atoms with E-state index in [1.165, 1.54) is 4.40 Å². The molecular formula is C6H7N10+. The van der Waals surface area contributed by atoms with Crippen molar-refractivity contribution >= 4 is 29.2 Å². The van der Waals surface area contributed by atoms with Gasteiger partial charge in [0.15, 0.2) is 0 Å². The lowest BCUT2D eigenvalue weighted by atomic mass is 10.7. The number of hydrogen-bond donors (Lipinski definition) is 5. The zero-order valence-electron chi connectivity index (χ0n) is 7.89. The summed E-state index contributed by atoms with van der Waals surface area (Å²) >= 11 is 0. The molecule has 0 bridgehead atoms. The monoisotopic (exact) mass is 219 g/mol. The van der Waals surface area contributed by atoms with Gasteiger partial charge >= 0.3 is 17.2 Å². The Bertz CT molecular complexity index is 693. The molecule has 7 N–H and O–H groups in total. The summed E-state index contributed by atoms with van der Waals surface area (Å²) in [5.41, 5.74) is 10.9. The van der Waals surface area contributed by atoms with E-state index in [4.69, 9.17) is 16.9 Å². The molecule has 3 rings (SSSR count). The first kappa shape index (κ1) is 8.52. The zero-order valence-corrected chi connectivity index (χ0v) is 7.89. The molecule has 0 aliphatic rings. The molecule has 0 fully saturated rings. The summed E-state index contributed by atoms with van der Waals surface area (Å²) in [6.45, 7) is 0. The minimum absolute atomic E-state index is 0.154. The summed E-state index contributed by atoms with van der Waals surface area (Å²) in [6.07, 6.45) is 0. The zero-order chi connectivity index (χ0) is 11.3. The van der Waals surface area contributed by atoms with Gasteiger partial charge in [0.1, 0.15) is 0 Å². The second kappa shape index (κ2) is 2.62. The van der Waals surface area contributed by atoms with Crippen molar-refractivity contribution in [2.75, 3.05) is 11.5 Å². The van der Waals surface area contributed by atoms with E-state index in [0.29, 0.717) is 5.78 Å². The molecule has 0 spiro atoms. The van der Waals surface area contributed by atoms with E-state index in [9.17, 15) is 0 Å². The Balaban J connectivity index is 2.69. The topological polar surface area (TPSA) is 163 Å². The number of nitrogen functional groups attached to an aromatic ring is 2. The van der Waals surface area contributed by atoms with Gasteiger partial charge in [-0.15, -0.1) is 19.9 Å². The van der Waals surface area contributed by atoms with Gasteiger partial charge in [-0.2, -0.15) is 4.40 Å². The van der Waals surface area contributed by atoms with Crippen LogP contribution in [0.25, 0.3) is 17.3 Å². The molecular weight excluding hydrogens is 212 g/mol. The molecule has 0 aromatic carbocycles. The summed E-state index contributed by atoms with van der Waals surface area (Å²) in [5.74, 6) is 1.21. The first-order valence-electron chi connectivity index (χ1n) is 4.29. The highest BCUT2D eigenvalue weighted by atomic mass is 15.3. The minimum Gasteiger partial charge on any atom is -0.358 e. The van der Waals surface area contributed by atoms with Crippen molar-refractivity contribution in [3.8, 4) is 0 Å². The van der Waals surface area contributed by atoms with E-state index >= 15 is 0 Å². The first-order chi connectivity index (χ1) is 7.63. The van der Waals surface area contributed by atoms with Gasteiger partial charge in [0.05, 0.1) is 0 Å². The molecule has 10 nitrogen and oxygen atoms in total. The van der Waals surface area contributed by atoms with E-state index in [1.54, 1.807) is 0 Å². The largest absolute Gasteiger partial charge is 0.358 e. The second-order valence-electron chi connectivity index (χ2n) is 3.08. The van der Waals surface area contributed by atoms with Crippen LogP contribution in [0.4, 0.5) is 11.9 Å². The van der Waals surface area contributed by atoms with Crippen LogP contribution < -0.4 is 21.5 Å². The highest BCUT2D eigenvalue weighted by molar-refractivity contribution is 5.40. The number of rotatable bonds is 0. The number of anilines is 2. The normalized spacial score (nSPS) is 11.2. The molecule has 0 aliphatic carbocycles. The molecule has 3 aromatic rings. The Hall–Kier alpha value is -2.78. The van der Waals surface area contributed by atoms with Crippen LogP contribution in [0.3, 0.4) is 0 Å². The van der Waals surface area contributed by atoms with Gasteiger partial charge in [-0.3, -0.25) is 15.4 Å². The summed E-state index contributed by atoms with van der Waals surface area (Å²) in [4.78, 5) is 21.0. The molecule has 0 amide bonds. The van der Waals surface area contributed by atoms with Gasteiger partial charge in [-0.05, 0) is 0 Å². The third-order valence-corrected chi connectivity index (χ3v) is 1.97. The molecule has 0 atom stereocenters. The van der Waals surface area contributed by atoms with Gasteiger partial charge in [0.2, 0.25) is 0 Å². The maximum atomic E-state index is 7.40. The van der Waals surface area contributed by atoms with Gasteiger partial charge in [0, 0.05) is 0 Å². The Morgan fingerprint density at radius 3 is 1.94 bits per heavy atom. The minimum atomic E-state index is -0.197. The van der Waals surface area contributed by atoms with Crippen molar-refractivity contribution in [3.05, 3.63) is 5.62 Å². The molecule has 0 radical (unpaired) electrons. The maximum Gasteiger partial charge on any atom is 0.337 e. The van der Waals surface area contributed by atoms with Crippen LogP contribution in [0.1, 0.15) is 0 Å². The van der Waals surface area contributed by atoms with Crippen LogP contribution in [-0.4, -0.2) is 29.9 Å². The molecule has 0 aliphatic heterocycles. The fourth-order valence-electron chi connectivity index (χ4n) is 1.41. The number of aromatic amines is 2. The fraction of sp³-hybridized carbons (Fsp3) is 0. The van der Waals surface area contributed by atoms with Crippen molar-refractivity contribution < 1.29 is 4.40 Å². The smallest absolute Gasteiger partial charge is 0.337 e. The molecule has 0 unspecified atom stereocenters. The lowest BCUT2D eigenvalue weighted by Crippen LogP contribution is -2.37. The summed E-state index contributed by atoms with van der Waals surface area (Å²) in [5, 5.41) is 7.40. The Kier molecular flexibility index (Phi) is 1.40. The Morgan fingerprint density at radius 2 is 1.44 bits per heavy atom. The first-order valence-corrected chi connectivity index (χ1v) is 4.29. The number of hydrogen-bond acceptors (Lipinski definition) is 7. The quantitative estimate of drug-likeness (QED) is 0.261. The van der Waals surface area contributed by atoms with E-state index in [1.807, 2.05) is 0 Å². The summed E-state index contributed by atoms with van der Waals surface area (Å²) in [6, 6.07) is 0. The van der Waals surface area contributed by atoms with Crippen LogP contribution in [-0.2, 0) is 0 Å². The Labute approximate surface area is 86.9 Å². The van der Waals surface area contributed by atoms with Crippen LogP contribution in [0.15, 0.2) is 0 Å². The molecule has 0 saturated carbocycles. The highest BCUT2D eigenvalue weighted by Crippen LogP contribution is 1.98. The Morgan fingerprint density at radius 1 is 0.938 bits per heavy atom. The van der Waals surface area contributed by atoms with Crippen LogP contribution in [0, 0.1) is 5.41 Å². The van der Waals surface area contributed by atoms with Crippen molar-refractivity contribution in [1.29, 1.82) is 5.41 Å². The van der Waals surface area contributed by atoms with Gasteiger partial charge < -0.3 is 11.5 Å². The van der Waals surface area contributed by atoms with E-state index < -0.39 is 0 Å². The summed E-state index contributed by atoms with van der Waals surface area (Å²) < 4.78 is 1.48. The summed E-state index contributed by atoms with van der Waals surface area (Å²) in [7, 11) is 0. The van der Waals surface area contributed by atoms with Crippen molar-refractivity contribution in [3.63, 3.8) is 0 Å². The predicted octanol–water partition coefficient (Wildman–Crippen LogP) is -2.54. The van der Waals surface area contributed by atoms with E-state index in [2.05, 4.69) is 29.9 Å². The third kappa shape index (κ3) is 1.06. The lowest BCUT2D eigenvalue weighted by Gasteiger charge is -2.00. The molecule has 3 aromatic heterocycles. The second-order valence-corrected chi connectivity index (χ2v) is 3.08. The van der Waals surface area contributed by atoms with E-state index in [-0.39, 0.29) is 29.1 Å². The third-order valence-electron chi connectivity index (χ3n) is 1.97. The molecule has 3 heterocycles. The number of nitrogens with zero attached hydrogens (tertiary/aromatic N) is 5. The number of aromatic nitrogens is 7.